The van der Waals surface area contributed by atoms with Gasteiger partial charge in [-0.15, -0.1) is 0 Å². The van der Waals surface area contributed by atoms with E-state index < -0.39 is 0 Å². The molecule has 0 spiro atoms. The third-order valence-electron chi connectivity index (χ3n) is 4.96. The lowest BCUT2D eigenvalue weighted by Gasteiger charge is -2.24. The van der Waals surface area contributed by atoms with Crippen LogP contribution < -0.4 is 5.32 Å². The second kappa shape index (κ2) is 6.09. The van der Waals surface area contributed by atoms with E-state index in [-0.39, 0.29) is 6.04 Å². The first kappa shape index (κ1) is 13.8. The molecule has 2 heteroatoms. The van der Waals surface area contributed by atoms with Crippen LogP contribution in [0.15, 0.2) is 24.3 Å². The molecule has 1 aromatic rings. The molecule has 0 bridgehead atoms. The molecule has 3 rings (SSSR count). The first-order chi connectivity index (χ1) is 9.78. The lowest BCUT2D eigenvalue weighted by atomic mass is 9.84. The maximum Gasteiger partial charge on any atom is 0.179 e. The summed E-state index contributed by atoms with van der Waals surface area (Å²) in [6.07, 6.45) is 8.51. The monoisotopic (exact) mass is 271 g/mol. The summed E-state index contributed by atoms with van der Waals surface area (Å²) in [4.78, 5) is 12.6. The summed E-state index contributed by atoms with van der Waals surface area (Å²) in [6.45, 7) is 2.18. The summed E-state index contributed by atoms with van der Waals surface area (Å²) in [6, 6.07) is 8.89. The normalized spacial score (nSPS) is 29.1. The molecule has 3 unspecified atom stereocenters. The van der Waals surface area contributed by atoms with Crippen LogP contribution in [0, 0.1) is 5.92 Å². The van der Waals surface area contributed by atoms with Crippen LogP contribution in [0.5, 0.6) is 0 Å². The second-order valence-electron chi connectivity index (χ2n) is 6.42. The van der Waals surface area contributed by atoms with Gasteiger partial charge in [0.1, 0.15) is 0 Å². The molecule has 0 radical (unpaired) electrons. The molecule has 0 amide bonds. The number of benzene rings is 1. The van der Waals surface area contributed by atoms with E-state index in [0.29, 0.717) is 11.8 Å². The standard InChI is InChI=1S/C18H25NO/c1-2-5-13-8-10-14(11-9-13)18(20)17-12-15-6-3-4-7-16(15)19-17/h8-11,15-17,19H,2-7,12H2,1H3. The topological polar surface area (TPSA) is 29.1 Å². The summed E-state index contributed by atoms with van der Waals surface area (Å²) in [5, 5.41) is 3.58. The van der Waals surface area contributed by atoms with Crippen molar-refractivity contribution in [1.29, 1.82) is 0 Å². The quantitative estimate of drug-likeness (QED) is 0.845. The highest BCUT2D eigenvalue weighted by atomic mass is 16.1. The van der Waals surface area contributed by atoms with Gasteiger partial charge in [0.25, 0.3) is 0 Å². The fourth-order valence-electron chi connectivity index (χ4n) is 3.85. The fourth-order valence-corrected chi connectivity index (χ4v) is 3.85. The van der Waals surface area contributed by atoms with Crippen LogP contribution in [0.1, 0.15) is 61.4 Å². The number of Topliss-reactive ketones (excluding diaryl/α,β-unsaturated/α-hetero) is 1. The Hall–Kier alpha value is -1.15. The lowest BCUT2D eigenvalue weighted by Crippen LogP contribution is -2.37. The van der Waals surface area contributed by atoms with Gasteiger partial charge in [-0.3, -0.25) is 4.79 Å². The van der Waals surface area contributed by atoms with Crippen molar-refractivity contribution in [1.82, 2.24) is 5.32 Å². The first-order valence-electron chi connectivity index (χ1n) is 8.17. The molecule has 20 heavy (non-hydrogen) atoms. The van der Waals surface area contributed by atoms with Crippen LogP contribution in [-0.2, 0) is 6.42 Å². The number of hydrogen-bond donors (Lipinski definition) is 1. The minimum Gasteiger partial charge on any atom is -0.304 e. The molecule has 108 valence electrons. The maximum absolute atomic E-state index is 12.6. The number of rotatable bonds is 4. The minimum atomic E-state index is 0.0557. The molecule has 1 aliphatic carbocycles. The van der Waals surface area contributed by atoms with Crippen LogP contribution in [0.3, 0.4) is 0 Å². The van der Waals surface area contributed by atoms with E-state index in [0.717, 1.165) is 30.7 Å². The van der Waals surface area contributed by atoms with E-state index >= 15 is 0 Å². The highest BCUT2D eigenvalue weighted by molar-refractivity contribution is 6.00. The molecular formula is C18H25NO. The van der Waals surface area contributed by atoms with Gasteiger partial charge in [0.2, 0.25) is 0 Å². The molecule has 1 N–H and O–H groups in total. The van der Waals surface area contributed by atoms with E-state index in [1.165, 1.54) is 31.2 Å². The second-order valence-corrected chi connectivity index (χ2v) is 6.42. The largest absolute Gasteiger partial charge is 0.304 e. The summed E-state index contributed by atoms with van der Waals surface area (Å²) in [5.74, 6) is 1.03. The first-order valence-corrected chi connectivity index (χ1v) is 8.17. The Bertz CT molecular complexity index is 451. The van der Waals surface area contributed by atoms with Crippen LogP contribution in [0.4, 0.5) is 0 Å². The van der Waals surface area contributed by atoms with Crippen molar-refractivity contribution in [2.75, 3.05) is 0 Å². The van der Waals surface area contributed by atoms with E-state index in [9.17, 15) is 4.79 Å². The Labute approximate surface area is 122 Å². The SMILES string of the molecule is CCCc1ccc(C(=O)C2CC3CCCCC3N2)cc1. The predicted octanol–water partition coefficient (Wildman–Crippen LogP) is 3.74. The smallest absolute Gasteiger partial charge is 0.179 e. The zero-order valence-electron chi connectivity index (χ0n) is 12.4. The summed E-state index contributed by atoms with van der Waals surface area (Å²) in [5.41, 5.74) is 2.21. The van der Waals surface area contributed by atoms with Gasteiger partial charge in [0.15, 0.2) is 5.78 Å². The summed E-state index contributed by atoms with van der Waals surface area (Å²) < 4.78 is 0. The molecule has 1 aliphatic heterocycles. The molecule has 3 atom stereocenters. The Morgan fingerprint density at radius 3 is 2.65 bits per heavy atom. The van der Waals surface area contributed by atoms with Gasteiger partial charge in [0.05, 0.1) is 6.04 Å². The van der Waals surface area contributed by atoms with Gasteiger partial charge in [-0.1, -0.05) is 50.5 Å². The van der Waals surface area contributed by atoms with Crippen molar-refractivity contribution in [3.05, 3.63) is 35.4 Å². The summed E-state index contributed by atoms with van der Waals surface area (Å²) >= 11 is 0. The molecule has 1 aromatic carbocycles. The number of nitrogens with one attached hydrogen (secondary N) is 1. The molecule has 1 saturated heterocycles. The van der Waals surface area contributed by atoms with Gasteiger partial charge >= 0.3 is 0 Å². The van der Waals surface area contributed by atoms with Crippen molar-refractivity contribution in [2.45, 2.75) is 64.0 Å². The van der Waals surface area contributed by atoms with Crippen molar-refractivity contribution >= 4 is 5.78 Å². The predicted molar refractivity (Wildman–Crippen MR) is 82.1 cm³/mol. The summed E-state index contributed by atoms with van der Waals surface area (Å²) in [7, 11) is 0. The lowest BCUT2D eigenvalue weighted by molar-refractivity contribution is 0.0949. The van der Waals surface area contributed by atoms with E-state index in [1.807, 2.05) is 12.1 Å². The van der Waals surface area contributed by atoms with Gasteiger partial charge in [-0.25, -0.2) is 0 Å². The van der Waals surface area contributed by atoms with Gasteiger partial charge in [-0.2, -0.15) is 0 Å². The average molecular weight is 271 g/mol. The number of ketones is 1. The van der Waals surface area contributed by atoms with Crippen molar-refractivity contribution in [3.63, 3.8) is 0 Å². The average Bonchev–Trinajstić information content (AvgIpc) is 2.91. The van der Waals surface area contributed by atoms with E-state index in [4.69, 9.17) is 0 Å². The zero-order valence-corrected chi connectivity index (χ0v) is 12.4. The van der Waals surface area contributed by atoms with Gasteiger partial charge in [0, 0.05) is 11.6 Å². The van der Waals surface area contributed by atoms with Crippen molar-refractivity contribution in [3.8, 4) is 0 Å². The number of carbonyl (C=O) groups is 1. The van der Waals surface area contributed by atoms with Gasteiger partial charge < -0.3 is 5.32 Å². The van der Waals surface area contributed by atoms with Crippen molar-refractivity contribution < 1.29 is 4.79 Å². The molecule has 2 nitrogen and oxygen atoms in total. The molecule has 0 aromatic heterocycles. The molecule has 1 heterocycles. The number of carbonyl (C=O) groups excluding carboxylic acids is 1. The highest BCUT2D eigenvalue weighted by Gasteiger charge is 2.38. The van der Waals surface area contributed by atoms with Crippen LogP contribution in [-0.4, -0.2) is 17.9 Å². The number of fused-ring (bicyclic) bond motifs is 1. The third-order valence-corrected chi connectivity index (χ3v) is 4.96. The molecule has 1 saturated carbocycles. The fraction of sp³-hybridized carbons (Fsp3) is 0.611. The third kappa shape index (κ3) is 2.80. The van der Waals surface area contributed by atoms with E-state index in [2.05, 4.69) is 24.4 Å². The minimum absolute atomic E-state index is 0.0557. The van der Waals surface area contributed by atoms with Crippen LogP contribution in [0.25, 0.3) is 0 Å². The molecule has 2 fully saturated rings. The Morgan fingerprint density at radius 1 is 1.20 bits per heavy atom. The van der Waals surface area contributed by atoms with E-state index in [1.54, 1.807) is 0 Å². The highest BCUT2D eigenvalue weighted by Crippen LogP contribution is 2.34. The van der Waals surface area contributed by atoms with Crippen LogP contribution >= 0.6 is 0 Å². The maximum atomic E-state index is 12.6. The molecular weight excluding hydrogens is 246 g/mol. The Balaban J connectivity index is 1.66. The molecule has 2 aliphatic rings. The van der Waals surface area contributed by atoms with Crippen molar-refractivity contribution in [2.24, 2.45) is 5.92 Å². The zero-order chi connectivity index (χ0) is 13.9. The number of hydrogen-bond acceptors (Lipinski definition) is 2. The van der Waals surface area contributed by atoms with Gasteiger partial charge in [-0.05, 0) is 37.2 Å². The Morgan fingerprint density at radius 2 is 1.95 bits per heavy atom. The van der Waals surface area contributed by atoms with Crippen LogP contribution in [0.2, 0.25) is 0 Å². The number of aryl methyl sites for hydroxylation is 1. The Kier molecular flexibility index (Phi) is 4.21.